The highest BCUT2D eigenvalue weighted by molar-refractivity contribution is 7.26. The lowest BCUT2D eigenvalue weighted by molar-refractivity contribution is 0.660. The summed E-state index contributed by atoms with van der Waals surface area (Å²) in [4.78, 5) is 2.48. The second kappa shape index (κ2) is 10.7. The molecule has 1 heterocycles. The molecule has 0 N–H and O–H groups in total. The van der Waals surface area contributed by atoms with Crippen LogP contribution in [0.15, 0.2) is 164 Å². The Hall–Kier alpha value is -5.70. The van der Waals surface area contributed by atoms with Crippen LogP contribution in [0.2, 0.25) is 0 Å². The summed E-state index contributed by atoms with van der Waals surface area (Å²) in [6.07, 6.45) is 0. The molecule has 1 aromatic heterocycles. The average molecular weight is 644 g/mol. The van der Waals surface area contributed by atoms with Gasteiger partial charge in [0.25, 0.3) is 0 Å². The summed E-state index contributed by atoms with van der Waals surface area (Å²) >= 11 is 1.88. The molecule has 0 aliphatic heterocycles. The van der Waals surface area contributed by atoms with Crippen molar-refractivity contribution in [2.24, 2.45) is 0 Å². The van der Waals surface area contributed by atoms with Crippen LogP contribution in [0.1, 0.15) is 25.0 Å². The predicted molar refractivity (Wildman–Crippen MR) is 212 cm³/mol. The van der Waals surface area contributed by atoms with Crippen molar-refractivity contribution in [2.75, 3.05) is 4.90 Å². The Bertz CT molecular complexity index is 2740. The number of fused-ring (bicyclic) bond motifs is 8. The smallest absolute Gasteiger partial charge is 0.0554 e. The van der Waals surface area contributed by atoms with Gasteiger partial charge < -0.3 is 4.90 Å². The standard InChI is InChI=1S/C47H33NS/c1-47(2)41-18-8-7-16-38(41)39-29-35(25-26-42(39)47)48(34-23-21-31(22-24-34)37-17-9-14-30-11-5-6-15-36(30)37)43-19-10-20-44-46(43)40-27-32-12-3-4-13-33(32)28-45(40)49-44/h3-29H,1-2H3. The first kappa shape index (κ1) is 28.3. The van der Waals surface area contributed by atoms with Crippen molar-refractivity contribution in [1.29, 1.82) is 0 Å². The van der Waals surface area contributed by atoms with Crippen molar-refractivity contribution in [3.63, 3.8) is 0 Å². The van der Waals surface area contributed by atoms with Crippen LogP contribution >= 0.6 is 11.3 Å². The maximum absolute atomic E-state index is 2.48. The molecule has 10 rings (SSSR count). The van der Waals surface area contributed by atoms with E-state index in [0.717, 1.165) is 11.4 Å². The number of hydrogen-bond donors (Lipinski definition) is 0. The summed E-state index contributed by atoms with van der Waals surface area (Å²) in [5.74, 6) is 0. The Morgan fingerprint density at radius 3 is 1.96 bits per heavy atom. The molecule has 0 saturated heterocycles. The summed E-state index contributed by atoms with van der Waals surface area (Å²) in [6, 6.07) is 60.7. The lowest BCUT2D eigenvalue weighted by atomic mass is 9.82. The van der Waals surface area contributed by atoms with Gasteiger partial charge in [0.05, 0.1) is 5.69 Å². The van der Waals surface area contributed by atoms with Crippen LogP contribution in [0.4, 0.5) is 17.1 Å². The third-order valence-corrected chi connectivity index (χ3v) is 11.8. The fraction of sp³-hybridized carbons (Fsp3) is 0.0638. The molecule has 1 aliphatic carbocycles. The number of benzene rings is 8. The first-order chi connectivity index (χ1) is 24.0. The van der Waals surface area contributed by atoms with Crippen LogP contribution in [-0.4, -0.2) is 0 Å². The molecular weight excluding hydrogens is 611 g/mol. The molecule has 49 heavy (non-hydrogen) atoms. The van der Waals surface area contributed by atoms with E-state index >= 15 is 0 Å². The number of anilines is 3. The van der Waals surface area contributed by atoms with Crippen LogP contribution in [0.3, 0.4) is 0 Å². The van der Waals surface area contributed by atoms with E-state index in [9.17, 15) is 0 Å². The molecule has 0 radical (unpaired) electrons. The van der Waals surface area contributed by atoms with Gasteiger partial charge >= 0.3 is 0 Å². The zero-order chi connectivity index (χ0) is 32.7. The lowest BCUT2D eigenvalue weighted by Gasteiger charge is -2.28. The molecule has 0 unspecified atom stereocenters. The summed E-state index contributed by atoms with van der Waals surface area (Å²) in [5.41, 5.74) is 11.4. The maximum atomic E-state index is 2.48. The Balaban J connectivity index is 1.21. The second-order valence-corrected chi connectivity index (χ2v) is 14.8. The SMILES string of the molecule is CC1(C)c2ccccc2-c2cc(N(c3ccc(-c4cccc5ccccc45)cc3)c3cccc4sc5cc6ccccc6cc5c34)ccc21. The van der Waals surface area contributed by atoms with E-state index in [1.54, 1.807) is 0 Å². The molecule has 0 fully saturated rings. The Morgan fingerprint density at radius 1 is 0.449 bits per heavy atom. The zero-order valence-electron chi connectivity index (χ0n) is 27.4. The first-order valence-electron chi connectivity index (χ1n) is 17.0. The van der Waals surface area contributed by atoms with Gasteiger partial charge in [0.1, 0.15) is 0 Å². The minimum Gasteiger partial charge on any atom is -0.310 e. The van der Waals surface area contributed by atoms with Crippen molar-refractivity contribution in [3.8, 4) is 22.3 Å². The fourth-order valence-corrected chi connectivity index (χ4v) is 9.38. The highest BCUT2D eigenvalue weighted by Gasteiger charge is 2.35. The normalized spacial score (nSPS) is 13.3. The van der Waals surface area contributed by atoms with E-state index in [4.69, 9.17) is 0 Å². The largest absolute Gasteiger partial charge is 0.310 e. The lowest BCUT2D eigenvalue weighted by Crippen LogP contribution is -2.15. The molecule has 0 bridgehead atoms. The van der Waals surface area contributed by atoms with Crippen LogP contribution in [0.25, 0.3) is 64.0 Å². The van der Waals surface area contributed by atoms with E-state index in [0.29, 0.717) is 0 Å². The highest BCUT2D eigenvalue weighted by Crippen LogP contribution is 2.52. The number of rotatable bonds is 4. The highest BCUT2D eigenvalue weighted by atomic mass is 32.1. The quantitative estimate of drug-likeness (QED) is 0.184. The number of thiophene rings is 1. The molecule has 0 amide bonds. The van der Waals surface area contributed by atoms with Crippen molar-refractivity contribution >= 4 is 70.1 Å². The predicted octanol–water partition coefficient (Wildman–Crippen LogP) is 13.8. The average Bonchev–Trinajstić information content (AvgIpc) is 3.62. The third kappa shape index (κ3) is 4.31. The van der Waals surface area contributed by atoms with Gasteiger partial charge in [0.15, 0.2) is 0 Å². The van der Waals surface area contributed by atoms with Gasteiger partial charge in [0, 0.05) is 37.0 Å². The Labute approximate surface area is 290 Å². The second-order valence-electron chi connectivity index (χ2n) is 13.8. The fourth-order valence-electron chi connectivity index (χ4n) is 8.22. The summed E-state index contributed by atoms with van der Waals surface area (Å²) in [7, 11) is 0. The molecule has 0 atom stereocenters. The van der Waals surface area contributed by atoms with Crippen LogP contribution in [-0.2, 0) is 5.41 Å². The molecule has 232 valence electrons. The van der Waals surface area contributed by atoms with Gasteiger partial charge in [-0.25, -0.2) is 0 Å². The summed E-state index contributed by atoms with van der Waals surface area (Å²) in [6.45, 7) is 4.70. The molecule has 8 aromatic carbocycles. The van der Waals surface area contributed by atoms with E-state index in [-0.39, 0.29) is 5.41 Å². The van der Waals surface area contributed by atoms with Crippen LogP contribution in [0, 0.1) is 0 Å². The Kier molecular flexibility index (Phi) is 6.16. The first-order valence-corrected chi connectivity index (χ1v) is 17.8. The minimum atomic E-state index is -0.0416. The molecule has 9 aromatic rings. The molecule has 1 aliphatic rings. The van der Waals surface area contributed by atoms with Crippen molar-refractivity contribution in [2.45, 2.75) is 19.3 Å². The van der Waals surface area contributed by atoms with Crippen molar-refractivity contribution < 1.29 is 0 Å². The summed E-state index contributed by atoms with van der Waals surface area (Å²) < 4.78 is 2.62. The number of hydrogen-bond acceptors (Lipinski definition) is 2. The van der Waals surface area contributed by atoms with E-state index < -0.39 is 0 Å². The van der Waals surface area contributed by atoms with Crippen molar-refractivity contribution in [1.82, 2.24) is 0 Å². The molecule has 0 spiro atoms. The van der Waals surface area contributed by atoms with Crippen molar-refractivity contribution in [3.05, 3.63) is 175 Å². The molecule has 0 saturated carbocycles. The number of nitrogens with zero attached hydrogens (tertiary/aromatic N) is 1. The molecular formula is C47H33NS. The Morgan fingerprint density at radius 2 is 1.10 bits per heavy atom. The van der Waals surface area contributed by atoms with Gasteiger partial charge in [-0.1, -0.05) is 129 Å². The van der Waals surface area contributed by atoms with Gasteiger partial charge in [-0.3, -0.25) is 0 Å². The molecule has 1 nitrogen and oxygen atoms in total. The maximum Gasteiger partial charge on any atom is 0.0554 e. The van der Waals surface area contributed by atoms with Crippen LogP contribution < -0.4 is 4.90 Å². The van der Waals surface area contributed by atoms with Gasteiger partial charge in [0.2, 0.25) is 0 Å². The van der Waals surface area contributed by atoms with E-state index in [2.05, 4.69) is 183 Å². The van der Waals surface area contributed by atoms with E-state index in [1.165, 1.54) is 80.8 Å². The monoisotopic (exact) mass is 643 g/mol. The molecule has 2 heteroatoms. The van der Waals surface area contributed by atoms with Gasteiger partial charge in [-0.15, -0.1) is 11.3 Å². The topological polar surface area (TPSA) is 3.24 Å². The van der Waals surface area contributed by atoms with Gasteiger partial charge in [-0.2, -0.15) is 0 Å². The summed E-state index contributed by atoms with van der Waals surface area (Å²) in [5, 5.41) is 7.69. The van der Waals surface area contributed by atoms with Crippen LogP contribution in [0.5, 0.6) is 0 Å². The third-order valence-electron chi connectivity index (χ3n) is 10.6. The minimum absolute atomic E-state index is 0.0416. The zero-order valence-corrected chi connectivity index (χ0v) is 28.3. The van der Waals surface area contributed by atoms with E-state index in [1.807, 2.05) is 11.3 Å². The van der Waals surface area contributed by atoms with Gasteiger partial charge in [-0.05, 0) is 103 Å².